The molecule has 0 aliphatic carbocycles. The number of hydrogen-bond donors (Lipinski definition) is 2. The molecule has 0 unspecified atom stereocenters. The standard InChI is InChI=1S/C15H18N2O2/c1-3-16-14-5-4-13(8-11(14)2)15(18)17-9-12-6-7-19-10-12/h4-8,10,16H,3,9H2,1-2H3,(H,17,18). The molecule has 0 bridgehead atoms. The summed E-state index contributed by atoms with van der Waals surface area (Å²) in [5.41, 5.74) is 3.75. The molecule has 1 aromatic heterocycles. The molecule has 0 aliphatic rings. The van der Waals surface area contributed by atoms with E-state index in [-0.39, 0.29) is 5.91 Å². The second kappa shape index (κ2) is 6.09. The number of aryl methyl sites for hydroxylation is 1. The summed E-state index contributed by atoms with van der Waals surface area (Å²) < 4.78 is 4.95. The highest BCUT2D eigenvalue weighted by Gasteiger charge is 2.07. The van der Waals surface area contributed by atoms with E-state index in [0.29, 0.717) is 12.1 Å². The van der Waals surface area contributed by atoms with Gasteiger partial charge in [-0.1, -0.05) is 0 Å². The topological polar surface area (TPSA) is 54.3 Å². The van der Waals surface area contributed by atoms with Gasteiger partial charge in [0.1, 0.15) is 0 Å². The molecule has 1 heterocycles. The molecule has 2 rings (SSSR count). The Hall–Kier alpha value is -2.23. The first-order chi connectivity index (χ1) is 9.20. The normalized spacial score (nSPS) is 10.2. The smallest absolute Gasteiger partial charge is 0.251 e. The van der Waals surface area contributed by atoms with E-state index >= 15 is 0 Å². The van der Waals surface area contributed by atoms with E-state index in [1.807, 2.05) is 38.1 Å². The number of benzene rings is 1. The SMILES string of the molecule is CCNc1ccc(C(=O)NCc2ccoc2)cc1C. The molecule has 19 heavy (non-hydrogen) atoms. The number of carbonyl (C=O) groups is 1. The largest absolute Gasteiger partial charge is 0.472 e. The van der Waals surface area contributed by atoms with E-state index in [1.165, 1.54) is 0 Å². The fourth-order valence-corrected chi connectivity index (χ4v) is 1.87. The van der Waals surface area contributed by atoms with E-state index < -0.39 is 0 Å². The average Bonchev–Trinajstić information content (AvgIpc) is 2.91. The van der Waals surface area contributed by atoms with Crippen molar-refractivity contribution in [1.82, 2.24) is 5.32 Å². The second-order valence-electron chi connectivity index (χ2n) is 4.37. The van der Waals surface area contributed by atoms with Crippen LogP contribution in [-0.2, 0) is 6.54 Å². The van der Waals surface area contributed by atoms with Gasteiger partial charge >= 0.3 is 0 Å². The van der Waals surface area contributed by atoms with Gasteiger partial charge in [-0.05, 0) is 43.7 Å². The molecule has 0 saturated carbocycles. The molecule has 4 heteroatoms. The number of hydrogen-bond acceptors (Lipinski definition) is 3. The van der Waals surface area contributed by atoms with Crippen molar-refractivity contribution in [1.29, 1.82) is 0 Å². The first kappa shape index (κ1) is 13.2. The third-order valence-corrected chi connectivity index (χ3v) is 2.89. The van der Waals surface area contributed by atoms with Gasteiger partial charge in [0.25, 0.3) is 5.91 Å². The Morgan fingerprint density at radius 2 is 2.16 bits per heavy atom. The summed E-state index contributed by atoms with van der Waals surface area (Å²) in [5, 5.41) is 6.11. The first-order valence-electron chi connectivity index (χ1n) is 6.34. The predicted octanol–water partition coefficient (Wildman–Crippen LogP) is 2.95. The fraction of sp³-hybridized carbons (Fsp3) is 0.267. The minimum atomic E-state index is -0.0765. The van der Waals surface area contributed by atoms with Crippen LogP contribution < -0.4 is 10.6 Å². The van der Waals surface area contributed by atoms with Crippen molar-refractivity contribution in [3.05, 3.63) is 53.5 Å². The van der Waals surface area contributed by atoms with Gasteiger partial charge in [0, 0.05) is 29.9 Å². The predicted molar refractivity (Wildman–Crippen MR) is 75.2 cm³/mol. The molecule has 2 aromatic rings. The van der Waals surface area contributed by atoms with E-state index in [0.717, 1.165) is 23.4 Å². The molecule has 4 nitrogen and oxygen atoms in total. The number of anilines is 1. The molecule has 1 aromatic carbocycles. The second-order valence-corrected chi connectivity index (χ2v) is 4.37. The van der Waals surface area contributed by atoms with Crippen LogP contribution >= 0.6 is 0 Å². The van der Waals surface area contributed by atoms with Crippen molar-refractivity contribution >= 4 is 11.6 Å². The van der Waals surface area contributed by atoms with Gasteiger partial charge in [0.15, 0.2) is 0 Å². The zero-order valence-electron chi connectivity index (χ0n) is 11.2. The van der Waals surface area contributed by atoms with E-state index in [2.05, 4.69) is 10.6 Å². The maximum atomic E-state index is 12.0. The zero-order valence-corrected chi connectivity index (χ0v) is 11.2. The Labute approximate surface area is 112 Å². The van der Waals surface area contributed by atoms with Crippen LogP contribution in [-0.4, -0.2) is 12.5 Å². The van der Waals surface area contributed by atoms with Gasteiger partial charge in [-0.2, -0.15) is 0 Å². The fourth-order valence-electron chi connectivity index (χ4n) is 1.87. The van der Waals surface area contributed by atoms with Gasteiger partial charge in [-0.25, -0.2) is 0 Å². The number of carbonyl (C=O) groups excluding carboxylic acids is 1. The van der Waals surface area contributed by atoms with E-state index in [4.69, 9.17) is 4.42 Å². The maximum absolute atomic E-state index is 12.0. The first-order valence-corrected chi connectivity index (χ1v) is 6.34. The Morgan fingerprint density at radius 3 is 2.79 bits per heavy atom. The quantitative estimate of drug-likeness (QED) is 0.867. The van der Waals surface area contributed by atoms with Crippen molar-refractivity contribution in [3.8, 4) is 0 Å². The Kier molecular flexibility index (Phi) is 4.23. The summed E-state index contributed by atoms with van der Waals surface area (Å²) in [6.45, 7) is 5.38. The highest BCUT2D eigenvalue weighted by Crippen LogP contribution is 2.16. The summed E-state index contributed by atoms with van der Waals surface area (Å²) >= 11 is 0. The minimum absolute atomic E-state index is 0.0765. The molecule has 100 valence electrons. The van der Waals surface area contributed by atoms with Gasteiger partial charge in [-0.3, -0.25) is 4.79 Å². The lowest BCUT2D eigenvalue weighted by Gasteiger charge is -2.09. The Balaban J connectivity index is 2.01. The molecular formula is C15H18N2O2. The van der Waals surface area contributed by atoms with Crippen LogP contribution in [0.1, 0.15) is 28.4 Å². The van der Waals surface area contributed by atoms with Crippen LogP contribution in [0.2, 0.25) is 0 Å². The molecule has 0 saturated heterocycles. The van der Waals surface area contributed by atoms with Gasteiger partial charge in [0.2, 0.25) is 0 Å². The summed E-state index contributed by atoms with van der Waals surface area (Å²) in [6.07, 6.45) is 3.22. The van der Waals surface area contributed by atoms with Crippen LogP contribution in [0.5, 0.6) is 0 Å². The lowest BCUT2D eigenvalue weighted by Crippen LogP contribution is -2.22. The maximum Gasteiger partial charge on any atom is 0.251 e. The molecule has 1 amide bonds. The van der Waals surface area contributed by atoms with Crippen LogP contribution in [0.25, 0.3) is 0 Å². The monoisotopic (exact) mass is 258 g/mol. The van der Waals surface area contributed by atoms with Crippen LogP contribution in [0.4, 0.5) is 5.69 Å². The van der Waals surface area contributed by atoms with Crippen LogP contribution in [0, 0.1) is 6.92 Å². The van der Waals surface area contributed by atoms with Crippen molar-refractivity contribution in [2.24, 2.45) is 0 Å². The highest BCUT2D eigenvalue weighted by molar-refractivity contribution is 5.94. The Bertz CT molecular complexity index is 547. The summed E-state index contributed by atoms with van der Waals surface area (Å²) in [4.78, 5) is 12.0. The average molecular weight is 258 g/mol. The van der Waals surface area contributed by atoms with Crippen molar-refractivity contribution in [2.75, 3.05) is 11.9 Å². The number of rotatable bonds is 5. The van der Waals surface area contributed by atoms with Gasteiger partial charge in [0.05, 0.1) is 12.5 Å². The molecular weight excluding hydrogens is 240 g/mol. The summed E-state index contributed by atoms with van der Waals surface area (Å²) in [7, 11) is 0. The molecule has 0 atom stereocenters. The lowest BCUT2D eigenvalue weighted by atomic mass is 10.1. The number of furan rings is 1. The highest BCUT2D eigenvalue weighted by atomic mass is 16.3. The molecule has 0 spiro atoms. The molecule has 0 fully saturated rings. The third kappa shape index (κ3) is 3.37. The number of nitrogens with one attached hydrogen (secondary N) is 2. The Morgan fingerprint density at radius 1 is 1.32 bits per heavy atom. The molecule has 0 radical (unpaired) electrons. The number of amides is 1. The van der Waals surface area contributed by atoms with Crippen molar-refractivity contribution < 1.29 is 9.21 Å². The van der Waals surface area contributed by atoms with Crippen LogP contribution in [0.3, 0.4) is 0 Å². The molecule has 0 aliphatic heterocycles. The third-order valence-electron chi connectivity index (χ3n) is 2.89. The van der Waals surface area contributed by atoms with Crippen molar-refractivity contribution in [2.45, 2.75) is 20.4 Å². The van der Waals surface area contributed by atoms with Crippen molar-refractivity contribution in [3.63, 3.8) is 0 Å². The lowest BCUT2D eigenvalue weighted by molar-refractivity contribution is 0.0951. The summed E-state index contributed by atoms with van der Waals surface area (Å²) in [6, 6.07) is 7.49. The molecule has 2 N–H and O–H groups in total. The van der Waals surface area contributed by atoms with Gasteiger partial charge < -0.3 is 15.1 Å². The van der Waals surface area contributed by atoms with E-state index in [1.54, 1.807) is 12.5 Å². The minimum Gasteiger partial charge on any atom is -0.472 e. The van der Waals surface area contributed by atoms with E-state index in [9.17, 15) is 4.79 Å². The zero-order chi connectivity index (χ0) is 13.7. The van der Waals surface area contributed by atoms with Crippen LogP contribution in [0.15, 0.2) is 41.2 Å². The van der Waals surface area contributed by atoms with Gasteiger partial charge in [-0.15, -0.1) is 0 Å². The summed E-state index contributed by atoms with van der Waals surface area (Å²) in [5.74, 6) is -0.0765.